The first kappa shape index (κ1) is 19.9. The minimum atomic E-state index is 0.128. The van der Waals surface area contributed by atoms with Gasteiger partial charge in [-0.25, -0.2) is 0 Å². The Morgan fingerprint density at radius 1 is 1.11 bits per heavy atom. The van der Waals surface area contributed by atoms with Gasteiger partial charge in [-0.15, -0.1) is 0 Å². The molecule has 0 spiro atoms. The number of nitrogens with one attached hydrogen (secondary N) is 1. The van der Waals surface area contributed by atoms with E-state index in [0.717, 1.165) is 49.0 Å². The third-order valence-electron chi connectivity index (χ3n) is 4.42. The van der Waals surface area contributed by atoms with Gasteiger partial charge in [-0.1, -0.05) is 47.5 Å². The molecular weight excluding hydrogens is 401 g/mol. The van der Waals surface area contributed by atoms with Gasteiger partial charge in [0.1, 0.15) is 0 Å². The van der Waals surface area contributed by atoms with Gasteiger partial charge < -0.3 is 10.6 Å². The highest BCUT2D eigenvalue weighted by atomic mass is 35.5. The molecule has 27 heavy (non-hydrogen) atoms. The Hall–Kier alpha value is -1.86. The number of nitrogens with two attached hydrogens (primary N) is 1. The SMILES string of the molecule is NC(=S)N/N=C/c1ccc(N2CCN(Cc3ccccc3Cl)CC2)c(Cl)c1. The third kappa shape index (κ3) is 5.56. The second-order valence-electron chi connectivity index (χ2n) is 6.30. The van der Waals surface area contributed by atoms with Gasteiger partial charge in [0.15, 0.2) is 5.11 Å². The standard InChI is InChI=1S/C19H21Cl2N5S/c20-16-4-2-1-3-15(16)13-25-7-9-26(10-8-25)18-6-5-14(11-17(18)21)12-23-24-19(22)27/h1-6,11-12H,7-10,13H2,(H3,22,24,27)/b23-12+. The molecule has 1 fully saturated rings. The zero-order valence-corrected chi connectivity index (χ0v) is 17.1. The molecule has 142 valence electrons. The molecule has 1 aliphatic heterocycles. The van der Waals surface area contributed by atoms with Crippen LogP contribution in [0.15, 0.2) is 47.6 Å². The summed E-state index contributed by atoms with van der Waals surface area (Å²) in [4.78, 5) is 4.72. The van der Waals surface area contributed by atoms with Crippen LogP contribution in [0.3, 0.4) is 0 Å². The summed E-state index contributed by atoms with van der Waals surface area (Å²) in [5, 5.41) is 5.61. The number of thiocarbonyl (C=S) groups is 1. The van der Waals surface area contributed by atoms with Crippen LogP contribution in [0.4, 0.5) is 5.69 Å². The van der Waals surface area contributed by atoms with E-state index in [9.17, 15) is 0 Å². The number of hydrogen-bond acceptors (Lipinski definition) is 4. The molecule has 0 amide bonds. The number of hydrogen-bond donors (Lipinski definition) is 2. The summed E-state index contributed by atoms with van der Waals surface area (Å²) in [6, 6.07) is 13.9. The number of hydrazone groups is 1. The predicted molar refractivity (Wildman–Crippen MR) is 118 cm³/mol. The lowest BCUT2D eigenvalue weighted by Crippen LogP contribution is -2.46. The van der Waals surface area contributed by atoms with Crippen molar-refractivity contribution in [2.24, 2.45) is 10.8 Å². The number of anilines is 1. The Morgan fingerprint density at radius 2 is 1.85 bits per heavy atom. The van der Waals surface area contributed by atoms with Crippen LogP contribution < -0.4 is 16.1 Å². The van der Waals surface area contributed by atoms with E-state index in [1.54, 1.807) is 6.21 Å². The minimum absolute atomic E-state index is 0.128. The lowest BCUT2D eigenvalue weighted by molar-refractivity contribution is 0.250. The second-order valence-corrected chi connectivity index (χ2v) is 7.55. The predicted octanol–water partition coefficient (Wildman–Crippen LogP) is 3.48. The van der Waals surface area contributed by atoms with Crippen molar-refractivity contribution in [1.82, 2.24) is 10.3 Å². The highest BCUT2D eigenvalue weighted by Crippen LogP contribution is 2.28. The van der Waals surface area contributed by atoms with Crippen molar-refractivity contribution in [3.05, 3.63) is 63.6 Å². The Balaban J connectivity index is 1.58. The summed E-state index contributed by atoms with van der Waals surface area (Å²) < 4.78 is 0. The smallest absolute Gasteiger partial charge is 0.184 e. The van der Waals surface area contributed by atoms with Gasteiger partial charge in [0.05, 0.1) is 16.9 Å². The fraction of sp³-hybridized carbons (Fsp3) is 0.263. The maximum atomic E-state index is 6.49. The minimum Gasteiger partial charge on any atom is -0.375 e. The van der Waals surface area contributed by atoms with E-state index in [4.69, 9.17) is 41.2 Å². The first-order valence-electron chi connectivity index (χ1n) is 8.61. The monoisotopic (exact) mass is 421 g/mol. The van der Waals surface area contributed by atoms with Gasteiger partial charge in [-0.3, -0.25) is 10.3 Å². The van der Waals surface area contributed by atoms with Crippen LogP contribution in [0.1, 0.15) is 11.1 Å². The third-order valence-corrected chi connectivity index (χ3v) is 5.19. The molecular formula is C19H21Cl2N5S. The molecule has 2 aromatic rings. The van der Waals surface area contributed by atoms with Crippen LogP contribution in [0.2, 0.25) is 10.0 Å². The fourth-order valence-electron chi connectivity index (χ4n) is 3.04. The molecule has 1 aliphatic rings. The van der Waals surface area contributed by atoms with E-state index in [1.807, 2.05) is 36.4 Å². The number of benzene rings is 2. The number of nitrogens with zero attached hydrogens (tertiary/aromatic N) is 3. The van der Waals surface area contributed by atoms with Gasteiger partial charge in [-0.05, 0) is 41.5 Å². The molecule has 1 heterocycles. The lowest BCUT2D eigenvalue weighted by atomic mass is 10.1. The van der Waals surface area contributed by atoms with Crippen LogP contribution in [0, 0.1) is 0 Å². The Bertz CT molecular complexity index is 835. The molecule has 0 aromatic heterocycles. The molecule has 3 rings (SSSR count). The van der Waals surface area contributed by atoms with Crippen LogP contribution in [0.25, 0.3) is 0 Å². The van der Waals surface area contributed by atoms with Crippen molar-refractivity contribution in [1.29, 1.82) is 0 Å². The van der Waals surface area contributed by atoms with Gasteiger partial charge in [0.2, 0.25) is 0 Å². The maximum absolute atomic E-state index is 6.49. The van der Waals surface area contributed by atoms with Gasteiger partial charge in [0.25, 0.3) is 0 Å². The quantitative estimate of drug-likeness (QED) is 0.439. The number of halogens is 2. The molecule has 0 radical (unpaired) electrons. The average molecular weight is 422 g/mol. The lowest BCUT2D eigenvalue weighted by Gasteiger charge is -2.36. The van der Waals surface area contributed by atoms with Crippen molar-refractivity contribution >= 4 is 52.4 Å². The van der Waals surface area contributed by atoms with Crippen LogP contribution in [-0.4, -0.2) is 42.4 Å². The Kier molecular flexibility index (Phi) is 6.90. The topological polar surface area (TPSA) is 56.9 Å². The van der Waals surface area contributed by atoms with E-state index >= 15 is 0 Å². The summed E-state index contributed by atoms with van der Waals surface area (Å²) >= 11 is 17.5. The zero-order chi connectivity index (χ0) is 19.2. The molecule has 5 nitrogen and oxygen atoms in total. The molecule has 0 saturated carbocycles. The van der Waals surface area contributed by atoms with E-state index in [0.29, 0.717) is 5.02 Å². The fourth-order valence-corrected chi connectivity index (χ4v) is 3.60. The summed E-state index contributed by atoms with van der Waals surface area (Å²) in [6.07, 6.45) is 1.64. The molecule has 0 bridgehead atoms. The van der Waals surface area contributed by atoms with Crippen molar-refractivity contribution in [2.45, 2.75) is 6.54 Å². The van der Waals surface area contributed by atoms with E-state index in [1.165, 1.54) is 5.56 Å². The molecule has 8 heteroatoms. The maximum Gasteiger partial charge on any atom is 0.184 e. The highest BCUT2D eigenvalue weighted by Gasteiger charge is 2.19. The van der Waals surface area contributed by atoms with Crippen molar-refractivity contribution < 1.29 is 0 Å². The summed E-state index contributed by atoms with van der Waals surface area (Å²) in [5.74, 6) is 0. The van der Waals surface area contributed by atoms with Crippen molar-refractivity contribution in [2.75, 3.05) is 31.1 Å². The summed E-state index contributed by atoms with van der Waals surface area (Å²) in [6.45, 7) is 4.62. The molecule has 0 unspecified atom stereocenters. The molecule has 3 N–H and O–H groups in total. The molecule has 0 aliphatic carbocycles. The van der Waals surface area contributed by atoms with Crippen LogP contribution in [-0.2, 0) is 6.54 Å². The van der Waals surface area contributed by atoms with E-state index in [-0.39, 0.29) is 5.11 Å². The Morgan fingerprint density at radius 3 is 2.52 bits per heavy atom. The van der Waals surface area contributed by atoms with E-state index < -0.39 is 0 Å². The summed E-state index contributed by atoms with van der Waals surface area (Å²) in [7, 11) is 0. The zero-order valence-electron chi connectivity index (χ0n) is 14.7. The van der Waals surface area contributed by atoms with Crippen LogP contribution in [0.5, 0.6) is 0 Å². The molecule has 2 aromatic carbocycles. The van der Waals surface area contributed by atoms with Gasteiger partial charge >= 0.3 is 0 Å². The number of rotatable bonds is 5. The molecule has 1 saturated heterocycles. The first-order valence-corrected chi connectivity index (χ1v) is 9.78. The first-order chi connectivity index (χ1) is 13.0. The largest absolute Gasteiger partial charge is 0.375 e. The molecule has 0 atom stereocenters. The van der Waals surface area contributed by atoms with Crippen molar-refractivity contribution in [3.63, 3.8) is 0 Å². The van der Waals surface area contributed by atoms with Gasteiger partial charge in [0, 0.05) is 37.7 Å². The number of piperazine rings is 1. The van der Waals surface area contributed by atoms with Crippen LogP contribution >= 0.6 is 35.4 Å². The Labute approximate surface area is 174 Å². The highest BCUT2D eigenvalue weighted by molar-refractivity contribution is 7.80. The normalized spacial score (nSPS) is 15.3. The summed E-state index contributed by atoms with van der Waals surface area (Å²) in [5.41, 5.74) is 11.0. The second kappa shape index (κ2) is 9.37. The van der Waals surface area contributed by atoms with Crippen molar-refractivity contribution in [3.8, 4) is 0 Å². The van der Waals surface area contributed by atoms with E-state index in [2.05, 4.69) is 26.4 Å². The van der Waals surface area contributed by atoms with Gasteiger partial charge in [-0.2, -0.15) is 5.10 Å². The average Bonchev–Trinajstić information content (AvgIpc) is 2.64.